The van der Waals surface area contributed by atoms with Gasteiger partial charge in [0.2, 0.25) is 5.91 Å². The molecule has 33 heavy (non-hydrogen) atoms. The van der Waals surface area contributed by atoms with E-state index >= 15 is 0 Å². The third-order valence-corrected chi connectivity index (χ3v) is 9.07. The molecule has 0 atom stereocenters. The highest BCUT2D eigenvalue weighted by Crippen LogP contribution is 2.45. The lowest BCUT2D eigenvalue weighted by atomic mass is 10.0. The number of benzene rings is 2. The van der Waals surface area contributed by atoms with Gasteiger partial charge in [0, 0.05) is 33.4 Å². The fraction of sp³-hybridized carbons (Fsp3) is 0.280. The number of rotatable bonds is 7. The van der Waals surface area contributed by atoms with E-state index in [0.717, 1.165) is 58.5 Å². The molecule has 4 aromatic rings. The average Bonchev–Trinajstić information content (AvgIpc) is 3.39. The maximum absolute atomic E-state index is 12.9. The van der Waals surface area contributed by atoms with Gasteiger partial charge in [-0.1, -0.05) is 30.7 Å². The van der Waals surface area contributed by atoms with Gasteiger partial charge in [0.25, 0.3) is 0 Å². The second-order valence-electron chi connectivity index (χ2n) is 8.01. The summed E-state index contributed by atoms with van der Waals surface area (Å²) in [5, 5.41) is 5.85. The Kier molecular flexibility index (Phi) is 7.04. The van der Waals surface area contributed by atoms with E-state index in [1.165, 1.54) is 26.9 Å². The van der Waals surface area contributed by atoms with Gasteiger partial charge in [0.15, 0.2) is 0 Å². The Labute approximate surface area is 211 Å². The maximum Gasteiger partial charge on any atom is 0.235 e. The summed E-state index contributed by atoms with van der Waals surface area (Å²) in [5.74, 6) is 0.354. The summed E-state index contributed by atoms with van der Waals surface area (Å²) in [6, 6.07) is 15.8. The standard InChI is InChI=1S/C25H24ClN3OS3/c1-2-12-29-13-11-18-21(14-29)33-25(23(18)24-27-19-5-3-4-6-20(19)32-24)28-22(30)15-31-17-9-7-16(26)8-10-17/h3-10H,2,11-15H2,1H3,(H,28,30). The molecule has 8 heteroatoms. The number of thioether (sulfide) groups is 1. The topological polar surface area (TPSA) is 45.2 Å². The molecule has 1 amide bonds. The van der Waals surface area contributed by atoms with Crippen molar-refractivity contribution in [3.63, 3.8) is 0 Å². The Morgan fingerprint density at radius 1 is 1.18 bits per heavy atom. The summed E-state index contributed by atoms with van der Waals surface area (Å²) in [6.07, 6.45) is 2.14. The number of hydrogen-bond donors (Lipinski definition) is 1. The first kappa shape index (κ1) is 22.9. The SMILES string of the molecule is CCCN1CCc2c(sc(NC(=O)CSc3ccc(Cl)cc3)c2-c2nc3ccccc3s2)C1. The number of fused-ring (bicyclic) bond motifs is 2. The van der Waals surface area contributed by atoms with Crippen molar-refractivity contribution < 1.29 is 4.79 Å². The molecule has 0 radical (unpaired) electrons. The Morgan fingerprint density at radius 2 is 2.00 bits per heavy atom. The van der Waals surface area contributed by atoms with E-state index in [1.807, 2.05) is 36.4 Å². The number of amides is 1. The minimum absolute atomic E-state index is 0.00122. The van der Waals surface area contributed by atoms with Gasteiger partial charge in [-0.2, -0.15) is 0 Å². The van der Waals surface area contributed by atoms with Crippen LogP contribution in [-0.4, -0.2) is 34.6 Å². The van der Waals surface area contributed by atoms with E-state index < -0.39 is 0 Å². The van der Waals surface area contributed by atoms with Crippen LogP contribution in [-0.2, 0) is 17.8 Å². The molecule has 3 heterocycles. The van der Waals surface area contributed by atoms with Crippen LogP contribution in [0.1, 0.15) is 23.8 Å². The Balaban J connectivity index is 1.43. The molecule has 4 nitrogen and oxygen atoms in total. The minimum atomic E-state index is 0.00122. The van der Waals surface area contributed by atoms with Crippen LogP contribution in [0.2, 0.25) is 5.02 Å². The number of nitrogens with one attached hydrogen (secondary N) is 1. The molecule has 170 valence electrons. The Hall–Kier alpha value is -1.90. The fourth-order valence-electron chi connectivity index (χ4n) is 4.10. The lowest BCUT2D eigenvalue weighted by Crippen LogP contribution is -2.30. The number of halogens is 1. The highest BCUT2D eigenvalue weighted by atomic mass is 35.5. The number of para-hydroxylation sites is 1. The summed E-state index contributed by atoms with van der Waals surface area (Å²) < 4.78 is 1.17. The van der Waals surface area contributed by atoms with E-state index in [9.17, 15) is 4.79 Å². The van der Waals surface area contributed by atoms with Crippen molar-refractivity contribution in [1.29, 1.82) is 0 Å². The zero-order valence-electron chi connectivity index (χ0n) is 18.3. The lowest BCUT2D eigenvalue weighted by molar-refractivity contribution is -0.113. The number of thiophene rings is 1. The largest absolute Gasteiger partial charge is 0.316 e. The predicted octanol–water partition coefficient (Wildman–Crippen LogP) is 7.18. The van der Waals surface area contributed by atoms with E-state index in [4.69, 9.17) is 16.6 Å². The zero-order valence-corrected chi connectivity index (χ0v) is 21.5. The van der Waals surface area contributed by atoms with E-state index in [1.54, 1.807) is 22.7 Å². The van der Waals surface area contributed by atoms with Crippen LogP contribution in [0.5, 0.6) is 0 Å². The first-order valence-electron chi connectivity index (χ1n) is 11.0. The number of carbonyl (C=O) groups is 1. The molecule has 2 aromatic heterocycles. The van der Waals surface area contributed by atoms with Gasteiger partial charge < -0.3 is 5.32 Å². The monoisotopic (exact) mass is 513 g/mol. The van der Waals surface area contributed by atoms with Crippen LogP contribution in [0, 0.1) is 0 Å². The Bertz CT molecular complexity index is 1250. The van der Waals surface area contributed by atoms with Crippen molar-refractivity contribution in [2.24, 2.45) is 0 Å². The first-order chi connectivity index (χ1) is 16.1. The summed E-state index contributed by atoms with van der Waals surface area (Å²) in [7, 11) is 0. The molecule has 1 N–H and O–H groups in total. The predicted molar refractivity (Wildman–Crippen MR) is 143 cm³/mol. The van der Waals surface area contributed by atoms with Crippen LogP contribution in [0.3, 0.4) is 0 Å². The molecule has 0 aliphatic carbocycles. The molecule has 1 aliphatic heterocycles. The van der Waals surface area contributed by atoms with E-state index in [-0.39, 0.29) is 5.91 Å². The van der Waals surface area contributed by atoms with Crippen LogP contribution < -0.4 is 5.32 Å². The summed E-state index contributed by atoms with van der Waals surface area (Å²) in [4.78, 5) is 22.7. The van der Waals surface area contributed by atoms with Crippen molar-refractivity contribution in [2.75, 3.05) is 24.2 Å². The number of anilines is 1. The summed E-state index contributed by atoms with van der Waals surface area (Å²) in [5.41, 5.74) is 3.49. The van der Waals surface area contributed by atoms with Crippen molar-refractivity contribution >= 4 is 67.2 Å². The van der Waals surface area contributed by atoms with Crippen molar-refractivity contribution in [2.45, 2.75) is 31.2 Å². The second-order valence-corrected chi connectivity index (χ2v) is 11.6. The Morgan fingerprint density at radius 3 is 2.79 bits per heavy atom. The van der Waals surface area contributed by atoms with Crippen LogP contribution >= 0.6 is 46.0 Å². The van der Waals surface area contributed by atoms with Gasteiger partial charge >= 0.3 is 0 Å². The van der Waals surface area contributed by atoms with E-state index in [2.05, 4.69) is 29.3 Å². The maximum atomic E-state index is 12.9. The molecule has 5 rings (SSSR count). The fourth-order valence-corrected chi connectivity index (χ4v) is 7.34. The highest BCUT2D eigenvalue weighted by molar-refractivity contribution is 8.00. The van der Waals surface area contributed by atoms with Gasteiger partial charge in [-0.15, -0.1) is 34.4 Å². The molecule has 0 saturated heterocycles. The summed E-state index contributed by atoms with van der Waals surface area (Å²) >= 11 is 10.9. The quantitative estimate of drug-likeness (QED) is 0.266. The molecule has 0 bridgehead atoms. The molecule has 0 unspecified atom stereocenters. The third-order valence-electron chi connectivity index (χ3n) is 5.62. The molecular formula is C25H24ClN3OS3. The minimum Gasteiger partial charge on any atom is -0.316 e. The van der Waals surface area contributed by atoms with Crippen molar-refractivity contribution in [1.82, 2.24) is 9.88 Å². The van der Waals surface area contributed by atoms with Gasteiger partial charge in [-0.25, -0.2) is 4.98 Å². The van der Waals surface area contributed by atoms with E-state index in [0.29, 0.717) is 10.8 Å². The van der Waals surface area contributed by atoms with Crippen LogP contribution in [0.4, 0.5) is 5.00 Å². The number of thiazole rings is 1. The molecular weight excluding hydrogens is 490 g/mol. The molecule has 0 fully saturated rings. The number of nitrogens with zero attached hydrogens (tertiary/aromatic N) is 2. The lowest BCUT2D eigenvalue weighted by Gasteiger charge is -2.26. The van der Waals surface area contributed by atoms with Gasteiger partial charge in [0.05, 0.1) is 16.0 Å². The zero-order chi connectivity index (χ0) is 22.8. The van der Waals surface area contributed by atoms with Gasteiger partial charge in [-0.3, -0.25) is 9.69 Å². The van der Waals surface area contributed by atoms with Gasteiger partial charge in [0.1, 0.15) is 10.0 Å². The molecule has 0 spiro atoms. The normalized spacial score (nSPS) is 13.9. The average molecular weight is 514 g/mol. The number of carbonyl (C=O) groups excluding carboxylic acids is 1. The van der Waals surface area contributed by atoms with Crippen LogP contribution in [0.25, 0.3) is 20.8 Å². The molecule has 1 aliphatic rings. The third kappa shape index (κ3) is 5.12. The van der Waals surface area contributed by atoms with Gasteiger partial charge in [-0.05, 0) is 61.3 Å². The van der Waals surface area contributed by atoms with Crippen molar-refractivity contribution in [3.8, 4) is 10.6 Å². The summed E-state index contributed by atoms with van der Waals surface area (Å²) in [6.45, 7) is 5.32. The number of aromatic nitrogens is 1. The molecule has 0 saturated carbocycles. The number of hydrogen-bond acceptors (Lipinski definition) is 6. The highest BCUT2D eigenvalue weighted by Gasteiger charge is 2.27. The smallest absolute Gasteiger partial charge is 0.235 e. The van der Waals surface area contributed by atoms with Crippen molar-refractivity contribution in [3.05, 3.63) is 64.0 Å². The molecule has 2 aromatic carbocycles. The second kappa shape index (κ2) is 10.2. The van der Waals surface area contributed by atoms with Crippen LogP contribution in [0.15, 0.2) is 53.4 Å². The first-order valence-corrected chi connectivity index (χ1v) is 14.0.